The van der Waals surface area contributed by atoms with E-state index >= 15 is 0 Å². The first-order valence-corrected chi connectivity index (χ1v) is 7.89. The number of hydrogen-bond donors (Lipinski definition) is 8. The second-order valence-electron chi connectivity index (χ2n) is 5.76. The largest absolute Gasteiger partial charge is 0.481 e. The highest BCUT2D eigenvalue weighted by Crippen LogP contribution is 1.99. The van der Waals surface area contributed by atoms with Gasteiger partial charge in [0.25, 0.3) is 0 Å². The Hall–Kier alpha value is -3.26. The number of carbonyl (C=O) groups is 6. The lowest BCUT2D eigenvalue weighted by molar-refractivity contribution is -0.145. The molecule has 0 heterocycles. The lowest BCUT2D eigenvalue weighted by Gasteiger charge is -2.23. The Morgan fingerprint density at radius 1 is 0.821 bits per heavy atom. The van der Waals surface area contributed by atoms with Crippen molar-refractivity contribution in [3.8, 4) is 0 Å². The van der Waals surface area contributed by atoms with E-state index in [1.54, 1.807) is 0 Å². The summed E-state index contributed by atoms with van der Waals surface area (Å²) in [7, 11) is 0. The van der Waals surface area contributed by atoms with Crippen LogP contribution in [0, 0.1) is 0 Å². The molecule has 14 heteroatoms. The Labute approximate surface area is 158 Å². The highest BCUT2D eigenvalue weighted by molar-refractivity contribution is 5.96. The minimum atomic E-state index is -1.76. The van der Waals surface area contributed by atoms with Gasteiger partial charge in [-0.15, -0.1) is 0 Å². The fraction of sp³-hybridized carbons (Fsp3) is 0.571. The summed E-state index contributed by atoms with van der Waals surface area (Å²) in [4.78, 5) is 68.7. The van der Waals surface area contributed by atoms with Crippen LogP contribution in [0.5, 0.6) is 0 Å². The molecule has 0 rings (SSSR count). The zero-order valence-electron chi connectivity index (χ0n) is 14.9. The molecule has 0 aromatic heterocycles. The summed E-state index contributed by atoms with van der Waals surface area (Å²) < 4.78 is 0. The number of hydrogen-bond acceptors (Lipinski definition) is 8. The molecule has 0 aromatic rings. The molecule has 4 unspecified atom stereocenters. The summed E-state index contributed by atoms with van der Waals surface area (Å²) >= 11 is 0. The van der Waals surface area contributed by atoms with Gasteiger partial charge in [0, 0.05) is 0 Å². The van der Waals surface area contributed by atoms with Gasteiger partial charge in [0.15, 0.2) is 0 Å². The Balaban J connectivity index is 5.28. The van der Waals surface area contributed by atoms with Crippen LogP contribution >= 0.6 is 0 Å². The van der Waals surface area contributed by atoms with E-state index in [2.05, 4.69) is 5.32 Å². The number of carboxylic acid groups (broad SMARTS) is 2. The van der Waals surface area contributed by atoms with Crippen molar-refractivity contribution in [1.82, 2.24) is 16.0 Å². The van der Waals surface area contributed by atoms with Crippen LogP contribution in [0.4, 0.5) is 0 Å². The smallest absolute Gasteiger partial charge is 0.326 e. The van der Waals surface area contributed by atoms with Crippen LogP contribution in [0.1, 0.15) is 19.8 Å². The highest BCUT2D eigenvalue weighted by atomic mass is 16.4. The van der Waals surface area contributed by atoms with Crippen molar-refractivity contribution in [1.29, 1.82) is 0 Å². The van der Waals surface area contributed by atoms with Gasteiger partial charge >= 0.3 is 11.9 Å². The summed E-state index contributed by atoms with van der Waals surface area (Å²) in [5.41, 5.74) is 10.2. The second kappa shape index (κ2) is 11.5. The minimum Gasteiger partial charge on any atom is -0.481 e. The van der Waals surface area contributed by atoms with E-state index in [1.165, 1.54) is 6.92 Å². The van der Waals surface area contributed by atoms with Crippen molar-refractivity contribution in [2.24, 2.45) is 11.5 Å². The third kappa shape index (κ3) is 8.91. The molecule has 0 aliphatic carbocycles. The maximum absolute atomic E-state index is 12.2. The summed E-state index contributed by atoms with van der Waals surface area (Å²) in [6, 6.07) is -6.06. The van der Waals surface area contributed by atoms with E-state index in [-0.39, 0.29) is 0 Å². The van der Waals surface area contributed by atoms with Gasteiger partial charge in [-0.1, -0.05) is 0 Å². The van der Waals surface area contributed by atoms with Crippen LogP contribution in [0.25, 0.3) is 0 Å². The van der Waals surface area contributed by atoms with Gasteiger partial charge in [0.05, 0.1) is 25.5 Å². The van der Waals surface area contributed by atoms with E-state index in [1.807, 2.05) is 10.6 Å². The van der Waals surface area contributed by atoms with Crippen LogP contribution in [0.3, 0.4) is 0 Å². The summed E-state index contributed by atoms with van der Waals surface area (Å²) in [6.07, 6.45) is -1.71. The Bertz CT molecular complexity index is 637. The van der Waals surface area contributed by atoms with E-state index in [4.69, 9.17) is 21.7 Å². The van der Waals surface area contributed by atoms with Gasteiger partial charge in [0.2, 0.25) is 23.6 Å². The number of aliphatic hydroxyl groups excluding tert-OH is 1. The zero-order chi connectivity index (χ0) is 22.0. The number of aliphatic carboxylic acids is 2. The third-order valence-electron chi connectivity index (χ3n) is 3.26. The first-order valence-electron chi connectivity index (χ1n) is 7.89. The Kier molecular flexibility index (Phi) is 10.1. The van der Waals surface area contributed by atoms with E-state index < -0.39 is 79.2 Å². The van der Waals surface area contributed by atoms with Crippen LogP contribution < -0.4 is 27.4 Å². The van der Waals surface area contributed by atoms with Crippen molar-refractivity contribution in [3.63, 3.8) is 0 Å². The summed E-state index contributed by atoms with van der Waals surface area (Å²) in [6.45, 7) is 0.429. The molecule has 4 amide bonds. The van der Waals surface area contributed by atoms with Gasteiger partial charge in [-0.2, -0.15) is 0 Å². The van der Waals surface area contributed by atoms with Crippen LogP contribution in [0.15, 0.2) is 0 Å². The minimum absolute atomic E-state index is 0.765. The predicted octanol–water partition coefficient (Wildman–Crippen LogP) is -4.78. The fourth-order valence-corrected chi connectivity index (χ4v) is 1.83. The lowest BCUT2D eigenvalue weighted by Crippen LogP contribution is -2.58. The fourth-order valence-electron chi connectivity index (χ4n) is 1.83. The number of rotatable bonds is 12. The monoisotopic (exact) mass is 405 g/mol. The van der Waals surface area contributed by atoms with Crippen molar-refractivity contribution < 1.29 is 44.1 Å². The quantitative estimate of drug-likeness (QED) is 0.154. The molecule has 28 heavy (non-hydrogen) atoms. The molecule has 4 atom stereocenters. The number of primary amides is 1. The molecular weight excluding hydrogens is 382 g/mol. The van der Waals surface area contributed by atoms with Gasteiger partial charge < -0.3 is 42.7 Å². The number of amides is 4. The second-order valence-corrected chi connectivity index (χ2v) is 5.76. The van der Waals surface area contributed by atoms with E-state index in [0.29, 0.717) is 0 Å². The number of aliphatic hydroxyl groups is 1. The van der Waals surface area contributed by atoms with Crippen LogP contribution in [-0.4, -0.2) is 81.7 Å². The molecule has 0 aliphatic heterocycles. The first kappa shape index (κ1) is 24.7. The highest BCUT2D eigenvalue weighted by Gasteiger charge is 2.31. The molecule has 0 radical (unpaired) electrons. The molecule has 0 fully saturated rings. The topological polar surface area (TPSA) is 251 Å². The lowest BCUT2D eigenvalue weighted by atomic mass is 10.1. The van der Waals surface area contributed by atoms with Crippen molar-refractivity contribution in [2.75, 3.05) is 6.61 Å². The molecular formula is C14H23N5O9. The molecule has 0 aromatic carbocycles. The number of nitrogens with one attached hydrogen (secondary N) is 3. The predicted molar refractivity (Wildman–Crippen MR) is 90.2 cm³/mol. The van der Waals surface area contributed by atoms with Crippen molar-refractivity contribution >= 4 is 35.6 Å². The molecule has 0 saturated carbocycles. The summed E-state index contributed by atoms with van der Waals surface area (Å²) in [5, 5.41) is 33.0. The Morgan fingerprint density at radius 3 is 1.68 bits per heavy atom. The molecule has 10 N–H and O–H groups in total. The molecule has 0 bridgehead atoms. The van der Waals surface area contributed by atoms with Crippen LogP contribution in [0.2, 0.25) is 0 Å². The zero-order valence-corrected chi connectivity index (χ0v) is 14.9. The number of carboxylic acids is 2. The van der Waals surface area contributed by atoms with Gasteiger partial charge in [-0.25, -0.2) is 4.79 Å². The Morgan fingerprint density at radius 2 is 1.29 bits per heavy atom. The van der Waals surface area contributed by atoms with E-state index in [0.717, 1.165) is 0 Å². The van der Waals surface area contributed by atoms with Gasteiger partial charge in [-0.05, 0) is 6.92 Å². The third-order valence-corrected chi connectivity index (χ3v) is 3.26. The molecule has 0 aliphatic rings. The van der Waals surface area contributed by atoms with Crippen molar-refractivity contribution in [3.05, 3.63) is 0 Å². The molecule has 0 spiro atoms. The normalized spacial score (nSPS) is 14.7. The number of nitrogens with two attached hydrogens (primary N) is 2. The number of carbonyl (C=O) groups excluding carboxylic acids is 4. The average molecular weight is 405 g/mol. The van der Waals surface area contributed by atoms with Gasteiger partial charge in [0.1, 0.15) is 18.1 Å². The maximum atomic E-state index is 12.2. The molecule has 158 valence electrons. The van der Waals surface area contributed by atoms with Gasteiger partial charge in [-0.3, -0.25) is 24.0 Å². The van der Waals surface area contributed by atoms with E-state index in [9.17, 15) is 33.9 Å². The van der Waals surface area contributed by atoms with Crippen LogP contribution in [-0.2, 0) is 28.8 Å². The maximum Gasteiger partial charge on any atom is 0.326 e. The SMILES string of the molecule is CC(N)C(=O)NC(CO)C(=O)NC(CC(=O)O)C(=O)NC(CC(N)=O)C(=O)O. The first-order chi connectivity index (χ1) is 12.9. The molecule has 0 saturated heterocycles. The molecule has 14 nitrogen and oxygen atoms in total. The average Bonchev–Trinajstić information content (AvgIpc) is 2.56. The van der Waals surface area contributed by atoms with Crippen molar-refractivity contribution in [2.45, 2.75) is 43.9 Å². The summed E-state index contributed by atoms with van der Waals surface area (Å²) in [5.74, 6) is -7.28. The standard InChI is InChI=1S/C14H23N5O9/c1-5(15)11(24)19-8(4-20)13(26)17-6(3-10(22)23)12(25)18-7(14(27)28)2-9(16)21/h5-8,20H,2-4,15H2,1H3,(H2,16,21)(H,17,26)(H,18,25)(H,19,24)(H,22,23)(H,27,28).